The lowest BCUT2D eigenvalue weighted by molar-refractivity contribution is -0.183. The predicted octanol–water partition coefficient (Wildman–Crippen LogP) is 7.65. The number of hydrogen-bond acceptors (Lipinski definition) is 2. The third-order valence-corrected chi connectivity index (χ3v) is 9.55. The lowest BCUT2D eigenvalue weighted by Crippen LogP contribution is -2.49. The zero-order valence-electron chi connectivity index (χ0n) is 20.9. The van der Waals surface area contributed by atoms with Crippen LogP contribution in [0.1, 0.15) is 113 Å². The van der Waals surface area contributed by atoms with Gasteiger partial charge in [0.15, 0.2) is 0 Å². The minimum atomic E-state index is -0.149. The van der Waals surface area contributed by atoms with Gasteiger partial charge in [-0.1, -0.05) is 61.3 Å². The maximum Gasteiger partial charge on any atom is 0.310 e. The molecule has 172 valence electrons. The summed E-state index contributed by atoms with van der Waals surface area (Å²) >= 11 is 0. The van der Waals surface area contributed by atoms with E-state index in [1.165, 1.54) is 51.4 Å². The van der Waals surface area contributed by atoms with Gasteiger partial charge >= 0.3 is 5.97 Å². The van der Waals surface area contributed by atoms with Gasteiger partial charge in [-0.25, -0.2) is 0 Å². The van der Waals surface area contributed by atoms with Gasteiger partial charge in [0.2, 0.25) is 0 Å². The predicted molar refractivity (Wildman–Crippen MR) is 124 cm³/mol. The summed E-state index contributed by atoms with van der Waals surface area (Å²) in [5.74, 6) is 5.36. The van der Waals surface area contributed by atoms with Gasteiger partial charge in [-0.05, 0) is 91.8 Å². The molecule has 0 aromatic rings. The van der Waals surface area contributed by atoms with E-state index in [4.69, 9.17) is 4.74 Å². The van der Waals surface area contributed by atoms with Crippen molar-refractivity contribution in [2.75, 3.05) is 0 Å². The average Bonchev–Trinajstić information content (AvgIpc) is 3.36. The van der Waals surface area contributed by atoms with Gasteiger partial charge in [-0.2, -0.15) is 0 Å². The highest BCUT2D eigenvalue weighted by Crippen LogP contribution is 2.71. The molecule has 8 unspecified atom stereocenters. The maximum absolute atomic E-state index is 13.8. The Bertz CT molecular complexity index is 638. The van der Waals surface area contributed by atoms with Crippen molar-refractivity contribution in [2.24, 2.45) is 52.3 Å². The van der Waals surface area contributed by atoms with Gasteiger partial charge in [-0.3, -0.25) is 4.79 Å². The van der Waals surface area contributed by atoms with E-state index < -0.39 is 0 Å². The summed E-state index contributed by atoms with van der Waals surface area (Å²) in [5, 5.41) is 0. The van der Waals surface area contributed by atoms with Crippen LogP contribution in [0.25, 0.3) is 0 Å². The molecule has 8 atom stereocenters. The lowest BCUT2D eigenvalue weighted by atomic mass is 9.64. The van der Waals surface area contributed by atoms with Crippen molar-refractivity contribution < 1.29 is 9.53 Å². The summed E-state index contributed by atoms with van der Waals surface area (Å²) < 4.78 is 6.79. The smallest absolute Gasteiger partial charge is 0.310 e. The second-order valence-electron chi connectivity index (χ2n) is 13.9. The first-order valence-electron chi connectivity index (χ1n) is 13.2. The topological polar surface area (TPSA) is 26.3 Å². The van der Waals surface area contributed by atoms with Gasteiger partial charge < -0.3 is 4.74 Å². The van der Waals surface area contributed by atoms with Crippen LogP contribution in [0.4, 0.5) is 0 Å². The molecule has 4 saturated carbocycles. The van der Waals surface area contributed by atoms with Crippen molar-refractivity contribution >= 4 is 5.97 Å². The number of unbranched alkanes of at least 4 members (excludes halogenated alkanes) is 2. The van der Waals surface area contributed by atoms with Gasteiger partial charge in [-0.15, -0.1) is 0 Å². The molecule has 0 saturated heterocycles. The average molecular weight is 417 g/mol. The molecule has 0 heterocycles. The van der Waals surface area contributed by atoms with E-state index in [9.17, 15) is 4.79 Å². The molecular formula is C28H48O2. The molecule has 30 heavy (non-hydrogen) atoms. The number of hydrogen-bond donors (Lipinski definition) is 0. The number of carbonyl (C=O) groups is 1. The molecule has 0 amide bonds. The molecule has 4 aliphatic carbocycles. The summed E-state index contributed by atoms with van der Waals surface area (Å²) in [6.45, 7) is 15.7. The van der Waals surface area contributed by atoms with Crippen molar-refractivity contribution in [1.82, 2.24) is 0 Å². The number of ether oxygens (including phenoxy) is 1. The lowest BCUT2D eigenvalue weighted by Gasteiger charge is -2.47. The van der Waals surface area contributed by atoms with Crippen LogP contribution >= 0.6 is 0 Å². The van der Waals surface area contributed by atoms with Crippen molar-refractivity contribution in [3.05, 3.63) is 0 Å². The molecule has 0 spiro atoms. The highest BCUT2D eigenvalue weighted by molar-refractivity contribution is 5.74. The van der Waals surface area contributed by atoms with Crippen LogP contribution in [0.5, 0.6) is 0 Å². The molecule has 0 aromatic heterocycles. The molecule has 2 nitrogen and oxygen atoms in total. The first-order chi connectivity index (χ1) is 14.0. The van der Waals surface area contributed by atoms with Crippen molar-refractivity contribution in [1.29, 1.82) is 0 Å². The second-order valence-corrected chi connectivity index (χ2v) is 13.9. The van der Waals surface area contributed by atoms with E-state index in [0.29, 0.717) is 5.92 Å². The number of rotatable bonds is 7. The highest BCUT2D eigenvalue weighted by Gasteiger charge is 2.68. The molecule has 0 N–H and O–H groups in total. The third kappa shape index (κ3) is 3.99. The first-order valence-corrected chi connectivity index (χ1v) is 13.2. The molecule has 4 rings (SSSR count). The standard InChI is InChI=1S/C28H48O2/c1-8-9-10-13-28(30-25(29)22(27(5,6)7)17-26(2,3)4)16-20-15-21(28)24-19-12-11-18(14-19)23(20)24/h18-24H,8-17H2,1-7H3. The Hall–Kier alpha value is -0.530. The second kappa shape index (κ2) is 7.80. The van der Waals surface area contributed by atoms with Gasteiger partial charge in [0, 0.05) is 5.92 Å². The molecule has 4 bridgehead atoms. The Kier molecular flexibility index (Phi) is 5.89. The Morgan fingerprint density at radius 2 is 1.63 bits per heavy atom. The van der Waals surface area contributed by atoms with Crippen LogP contribution in [0.15, 0.2) is 0 Å². The summed E-state index contributed by atoms with van der Waals surface area (Å²) in [6, 6.07) is 0. The normalized spacial score (nSPS) is 40.6. The fourth-order valence-corrected chi connectivity index (χ4v) is 8.45. The zero-order valence-corrected chi connectivity index (χ0v) is 20.9. The summed E-state index contributed by atoms with van der Waals surface area (Å²) in [7, 11) is 0. The van der Waals surface area contributed by atoms with E-state index in [1.807, 2.05) is 0 Å². The van der Waals surface area contributed by atoms with Gasteiger partial charge in [0.05, 0.1) is 5.92 Å². The Morgan fingerprint density at radius 3 is 2.23 bits per heavy atom. The van der Waals surface area contributed by atoms with Crippen LogP contribution in [-0.4, -0.2) is 11.6 Å². The summed E-state index contributed by atoms with van der Waals surface area (Å²) in [6.07, 6.45) is 12.7. The monoisotopic (exact) mass is 416 g/mol. The van der Waals surface area contributed by atoms with Crippen molar-refractivity contribution in [3.8, 4) is 0 Å². The third-order valence-electron chi connectivity index (χ3n) is 9.55. The van der Waals surface area contributed by atoms with E-state index in [-0.39, 0.29) is 28.3 Å². The molecule has 4 fully saturated rings. The Labute approximate surface area is 186 Å². The number of esters is 1. The van der Waals surface area contributed by atoms with Gasteiger partial charge in [0.1, 0.15) is 5.60 Å². The van der Waals surface area contributed by atoms with E-state index in [2.05, 4.69) is 48.5 Å². The Balaban J connectivity index is 1.57. The van der Waals surface area contributed by atoms with Crippen LogP contribution in [0, 0.1) is 52.3 Å². The number of fused-ring (bicyclic) bond motifs is 9. The quantitative estimate of drug-likeness (QED) is 0.242. The molecule has 0 radical (unpaired) electrons. The summed E-state index contributed by atoms with van der Waals surface area (Å²) in [5.41, 5.74) is -0.0672. The van der Waals surface area contributed by atoms with E-state index in [1.54, 1.807) is 0 Å². The molecule has 2 heteroatoms. The van der Waals surface area contributed by atoms with Crippen LogP contribution < -0.4 is 0 Å². The maximum atomic E-state index is 13.8. The van der Waals surface area contributed by atoms with Crippen molar-refractivity contribution in [3.63, 3.8) is 0 Å². The van der Waals surface area contributed by atoms with Crippen LogP contribution in [-0.2, 0) is 9.53 Å². The SMILES string of the molecule is CCCCCC1(OC(=O)C(CC(C)(C)C)C(C)(C)C)CC2CC1C1C3CCC(C3)C21. The van der Waals surface area contributed by atoms with E-state index >= 15 is 0 Å². The summed E-state index contributed by atoms with van der Waals surface area (Å²) in [4.78, 5) is 13.8. The minimum absolute atomic E-state index is 0.0181. The highest BCUT2D eigenvalue weighted by atomic mass is 16.6. The fourth-order valence-electron chi connectivity index (χ4n) is 8.45. The molecule has 0 aromatic carbocycles. The Morgan fingerprint density at radius 1 is 0.967 bits per heavy atom. The first kappa shape index (κ1) is 22.7. The molecule has 0 aliphatic heterocycles. The van der Waals surface area contributed by atoms with E-state index in [0.717, 1.165) is 42.4 Å². The largest absolute Gasteiger partial charge is 0.459 e. The van der Waals surface area contributed by atoms with Crippen LogP contribution in [0.3, 0.4) is 0 Å². The van der Waals surface area contributed by atoms with Gasteiger partial charge in [0.25, 0.3) is 0 Å². The van der Waals surface area contributed by atoms with Crippen LogP contribution in [0.2, 0.25) is 0 Å². The number of carbonyl (C=O) groups excluding carboxylic acids is 1. The zero-order chi connectivity index (χ0) is 21.9. The molecular weight excluding hydrogens is 368 g/mol. The minimum Gasteiger partial charge on any atom is -0.459 e. The van der Waals surface area contributed by atoms with Crippen molar-refractivity contribution in [2.45, 2.75) is 118 Å². The fraction of sp³-hybridized carbons (Fsp3) is 0.964. The molecule has 4 aliphatic rings.